The highest BCUT2D eigenvalue weighted by Gasteiger charge is 2.54. The number of benzene rings is 1. The number of hydrogen-bond acceptors (Lipinski definition) is 5. The number of nitrogens with zero attached hydrogens (tertiary/aromatic N) is 4. The van der Waals surface area contributed by atoms with E-state index in [1.54, 1.807) is 4.68 Å². The van der Waals surface area contributed by atoms with Gasteiger partial charge < -0.3 is 10.3 Å². The summed E-state index contributed by atoms with van der Waals surface area (Å²) in [7, 11) is 0. The third-order valence-electron chi connectivity index (χ3n) is 5.49. The number of aromatic nitrogens is 4. The van der Waals surface area contributed by atoms with Crippen molar-refractivity contribution in [2.75, 3.05) is 5.73 Å². The second-order valence-corrected chi connectivity index (χ2v) is 7.17. The average Bonchev–Trinajstić information content (AvgIpc) is 3.15. The van der Waals surface area contributed by atoms with Gasteiger partial charge in [0, 0.05) is 11.5 Å². The highest BCUT2D eigenvalue weighted by Crippen LogP contribution is 2.66. The Morgan fingerprint density at radius 3 is 2.67 bits per heavy atom. The van der Waals surface area contributed by atoms with Crippen LogP contribution >= 0.6 is 0 Å². The molecule has 2 aliphatic rings. The van der Waals surface area contributed by atoms with Gasteiger partial charge in [-0.1, -0.05) is 23.4 Å². The molecule has 1 aromatic carbocycles. The number of hydrogen-bond donors (Lipinski definition) is 1. The van der Waals surface area contributed by atoms with Crippen molar-refractivity contribution >= 4 is 5.82 Å². The summed E-state index contributed by atoms with van der Waals surface area (Å²) >= 11 is 0. The van der Waals surface area contributed by atoms with Crippen LogP contribution in [0.1, 0.15) is 43.1 Å². The van der Waals surface area contributed by atoms with Crippen molar-refractivity contribution in [1.82, 2.24) is 19.9 Å². The van der Waals surface area contributed by atoms with Crippen LogP contribution in [-0.4, -0.2) is 19.9 Å². The van der Waals surface area contributed by atoms with E-state index in [2.05, 4.69) is 15.2 Å². The van der Waals surface area contributed by atoms with E-state index in [9.17, 15) is 0 Å². The van der Waals surface area contributed by atoms with Gasteiger partial charge in [-0.05, 0) is 50.2 Å². The third kappa shape index (κ3) is 1.99. The van der Waals surface area contributed by atoms with Gasteiger partial charge in [0.15, 0.2) is 0 Å². The lowest BCUT2D eigenvalue weighted by Crippen LogP contribution is -2.23. The van der Waals surface area contributed by atoms with Crippen LogP contribution in [0.25, 0.3) is 17.2 Å². The highest BCUT2D eigenvalue weighted by molar-refractivity contribution is 5.63. The van der Waals surface area contributed by atoms with Gasteiger partial charge in [0.05, 0.1) is 5.69 Å². The molecule has 0 aliphatic heterocycles. The van der Waals surface area contributed by atoms with Gasteiger partial charge >= 0.3 is 0 Å². The Labute approximate surface area is 139 Å². The first kappa shape index (κ1) is 13.8. The van der Waals surface area contributed by atoms with Gasteiger partial charge in [-0.15, -0.1) is 0 Å². The molecule has 0 unspecified atom stereocenters. The van der Waals surface area contributed by atoms with Crippen LogP contribution in [0.5, 0.6) is 0 Å². The summed E-state index contributed by atoms with van der Waals surface area (Å²) < 4.78 is 7.23. The molecule has 0 bridgehead atoms. The third-order valence-corrected chi connectivity index (χ3v) is 5.49. The lowest BCUT2D eigenvalue weighted by Gasteiger charge is -2.32. The molecule has 5 rings (SSSR count). The van der Waals surface area contributed by atoms with Crippen molar-refractivity contribution in [2.24, 2.45) is 5.41 Å². The van der Waals surface area contributed by atoms with Gasteiger partial charge in [-0.3, -0.25) is 0 Å². The fourth-order valence-corrected chi connectivity index (χ4v) is 3.73. The molecule has 2 saturated carbocycles. The van der Waals surface area contributed by atoms with Crippen LogP contribution in [0.15, 0.2) is 34.9 Å². The normalized spacial score (nSPS) is 18.7. The Hall–Kier alpha value is -2.63. The molecule has 1 spiro atoms. The second-order valence-electron chi connectivity index (χ2n) is 7.17. The Bertz CT molecular complexity index is 899. The monoisotopic (exact) mass is 321 g/mol. The van der Waals surface area contributed by atoms with Crippen LogP contribution in [0.3, 0.4) is 0 Å². The molecule has 6 heteroatoms. The van der Waals surface area contributed by atoms with E-state index in [-0.39, 0.29) is 0 Å². The number of anilines is 1. The molecule has 2 fully saturated rings. The largest absolute Gasteiger partial charge is 0.383 e. The van der Waals surface area contributed by atoms with Gasteiger partial charge in [-0.25, -0.2) is 4.68 Å². The molecule has 6 nitrogen and oxygen atoms in total. The fraction of sp³-hybridized carbons (Fsp3) is 0.389. The maximum atomic E-state index is 6.23. The van der Waals surface area contributed by atoms with E-state index in [1.165, 1.54) is 25.7 Å². The molecule has 2 aromatic heterocycles. The zero-order chi connectivity index (χ0) is 16.3. The molecule has 24 heavy (non-hydrogen) atoms. The minimum Gasteiger partial charge on any atom is -0.383 e. The molecule has 2 aliphatic carbocycles. The quantitative estimate of drug-likeness (QED) is 0.798. The summed E-state index contributed by atoms with van der Waals surface area (Å²) in [6.45, 7) is 1.94. The molecule has 2 heterocycles. The molecule has 0 radical (unpaired) electrons. The van der Waals surface area contributed by atoms with Crippen LogP contribution in [0, 0.1) is 12.3 Å². The fourth-order valence-electron chi connectivity index (χ4n) is 3.73. The molecule has 3 aromatic rings. The first-order valence-electron chi connectivity index (χ1n) is 8.40. The van der Waals surface area contributed by atoms with E-state index in [4.69, 9.17) is 10.3 Å². The molecule has 0 atom stereocenters. The predicted octanol–water partition coefficient (Wildman–Crippen LogP) is 3.47. The SMILES string of the molecule is Cc1c(-c2noc(C3CC4(CC4)C3)n2)nn(-c2ccccc2)c1N. The molecule has 122 valence electrons. The Balaban J connectivity index is 1.48. The summed E-state index contributed by atoms with van der Waals surface area (Å²) in [6, 6.07) is 9.83. The molecule has 0 amide bonds. The summed E-state index contributed by atoms with van der Waals surface area (Å²) in [5.41, 5.74) is 9.33. The van der Waals surface area contributed by atoms with Crippen LogP contribution < -0.4 is 5.73 Å². The van der Waals surface area contributed by atoms with Crippen LogP contribution in [-0.2, 0) is 0 Å². The Morgan fingerprint density at radius 1 is 1.21 bits per heavy atom. The van der Waals surface area contributed by atoms with E-state index in [0.717, 1.165) is 17.1 Å². The minimum atomic E-state index is 0.419. The van der Waals surface area contributed by atoms with Crippen LogP contribution in [0.4, 0.5) is 5.82 Å². The van der Waals surface area contributed by atoms with Gasteiger partial charge in [-0.2, -0.15) is 10.1 Å². The number of nitrogen functional groups attached to an aromatic ring is 1. The van der Waals surface area contributed by atoms with E-state index >= 15 is 0 Å². The first-order valence-corrected chi connectivity index (χ1v) is 8.40. The van der Waals surface area contributed by atoms with E-state index in [1.807, 2.05) is 37.3 Å². The lowest BCUT2D eigenvalue weighted by atomic mass is 9.72. The van der Waals surface area contributed by atoms with Crippen molar-refractivity contribution in [3.63, 3.8) is 0 Å². The Kier molecular flexibility index (Phi) is 2.69. The van der Waals surface area contributed by atoms with Gasteiger partial charge in [0.1, 0.15) is 11.5 Å². The Morgan fingerprint density at radius 2 is 1.96 bits per heavy atom. The molecule has 2 N–H and O–H groups in total. The molecular weight excluding hydrogens is 302 g/mol. The zero-order valence-corrected chi connectivity index (χ0v) is 13.6. The second kappa shape index (κ2) is 4.69. The smallest absolute Gasteiger partial charge is 0.230 e. The molecular formula is C18H19N5O. The lowest BCUT2D eigenvalue weighted by molar-refractivity contribution is 0.192. The number of rotatable bonds is 3. The standard InChI is InChI=1S/C18H19N5O/c1-11-14(21-23(15(11)19)13-5-3-2-4-6-13)16-20-17(24-22-16)12-9-18(10-12)7-8-18/h2-6,12H,7-10,19H2,1H3. The topological polar surface area (TPSA) is 82.8 Å². The van der Waals surface area contributed by atoms with Crippen molar-refractivity contribution < 1.29 is 4.52 Å². The van der Waals surface area contributed by atoms with Crippen LogP contribution in [0.2, 0.25) is 0 Å². The summed E-state index contributed by atoms with van der Waals surface area (Å²) in [6.07, 6.45) is 5.10. The number of para-hydroxylation sites is 1. The van der Waals surface area contributed by atoms with E-state index in [0.29, 0.717) is 28.7 Å². The summed E-state index contributed by atoms with van der Waals surface area (Å²) in [5.74, 6) is 2.29. The summed E-state index contributed by atoms with van der Waals surface area (Å²) in [4.78, 5) is 4.60. The van der Waals surface area contributed by atoms with E-state index < -0.39 is 0 Å². The molecule has 0 saturated heterocycles. The maximum absolute atomic E-state index is 6.23. The van der Waals surface area contributed by atoms with Crippen molar-refractivity contribution in [1.29, 1.82) is 0 Å². The predicted molar refractivity (Wildman–Crippen MR) is 89.6 cm³/mol. The minimum absolute atomic E-state index is 0.419. The van der Waals surface area contributed by atoms with Crippen molar-refractivity contribution in [3.05, 3.63) is 41.8 Å². The zero-order valence-electron chi connectivity index (χ0n) is 13.6. The summed E-state index contributed by atoms with van der Waals surface area (Å²) in [5, 5.41) is 8.76. The van der Waals surface area contributed by atoms with Gasteiger partial charge in [0.2, 0.25) is 11.7 Å². The van der Waals surface area contributed by atoms with Crippen molar-refractivity contribution in [2.45, 2.75) is 38.5 Å². The average molecular weight is 321 g/mol. The van der Waals surface area contributed by atoms with Gasteiger partial charge in [0.25, 0.3) is 0 Å². The van der Waals surface area contributed by atoms with Crippen molar-refractivity contribution in [3.8, 4) is 17.2 Å². The number of nitrogens with two attached hydrogens (primary N) is 1. The maximum Gasteiger partial charge on any atom is 0.230 e. The highest BCUT2D eigenvalue weighted by atomic mass is 16.5. The first-order chi connectivity index (χ1) is 11.7.